The predicted octanol–water partition coefficient (Wildman–Crippen LogP) is 3.43. The number of aliphatic hydroxyl groups excluding tert-OH is 1. The molecule has 0 aliphatic heterocycles. The first kappa shape index (κ1) is 12.0. The Balaban J connectivity index is 2.00. The van der Waals surface area contributed by atoms with Crippen molar-refractivity contribution in [3.05, 3.63) is 35.4 Å². The highest BCUT2D eigenvalue weighted by Gasteiger charge is 2.26. The number of aliphatic hydroxyl groups is 1. The first-order valence-corrected chi connectivity index (χ1v) is 7.47. The van der Waals surface area contributed by atoms with E-state index in [2.05, 4.69) is 24.5 Å². The van der Waals surface area contributed by atoms with Crippen LogP contribution in [0.2, 0.25) is 0 Å². The highest BCUT2D eigenvalue weighted by Crippen LogP contribution is 2.36. The van der Waals surface area contributed by atoms with Gasteiger partial charge in [-0.1, -0.05) is 24.3 Å². The van der Waals surface area contributed by atoms with Crippen molar-refractivity contribution < 1.29 is 5.11 Å². The van der Waals surface area contributed by atoms with Crippen LogP contribution in [0.4, 0.5) is 0 Å². The van der Waals surface area contributed by atoms with Crippen LogP contribution in [0.3, 0.4) is 0 Å². The molecule has 1 N–H and O–H groups in total. The van der Waals surface area contributed by atoms with Gasteiger partial charge >= 0.3 is 0 Å². The molecule has 2 atom stereocenters. The average molecular weight is 236 g/mol. The Morgan fingerprint density at radius 3 is 3.00 bits per heavy atom. The SMILES string of the molecule is CSCCCC1CCc2ccccc2C1O. The second kappa shape index (κ2) is 5.74. The molecule has 0 saturated heterocycles. The van der Waals surface area contributed by atoms with Gasteiger partial charge in [0, 0.05) is 0 Å². The highest BCUT2D eigenvalue weighted by molar-refractivity contribution is 7.98. The summed E-state index contributed by atoms with van der Waals surface area (Å²) in [6, 6.07) is 8.34. The minimum absolute atomic E-state index is 0.230. The molecular weight excluding hydrogens is 216 g/mol. The number of rotatable bonds is 4. The lowest BCUT2D eigenvalue weighted by molar-refractivity contribution is 0.0883. The van der Waals surface area contributed by atoms with Gasteiger partial charge in [0.15, 0.2) is 0 Å². The third-order valence-corrected chi connectivity index (χ3v) is 4.23. The van der Waals surface area contributed by atoms with Crippen molar-refractivity contribution in [2.75, 3.05) is 12.0 Å². The molecule has 0 aromatic heterocycles. The first-order chi connectivity index (χ1) is 7.83. The van der Waals surface area contributed by atoms with Crippen molar-refractivity contribution in [3.63, 3.8) is 0 Å². The normalized spacial score (nSPS) is 24.1. The molecule has 1 aliphatic carbocycles. The van der Waals surface area contributed by atoms with Crippen LogP contribution in [0, 0.1) is 5.92 Å². The second-order valence-corrected chi connectivity index (χ2v) is 5.56. The van der Waals surface area contributed by atoms with Crippen LogP contribution >= 0.6 is 11.8 Å². The van der Waals surface area contributed by atoms with E-state index in [-0.39, 0.29) is 6.10 Å². The Morgan fingerprint density at radius 1 is 1.38 bits per heavy atom. The van der Waals surface area contributed by atoms with Crippen LogP contribution in [-0.4, -0.2) is 17.1 Å². The van der Waals surface area contributed by atoms with Gasteiger partial charge in [-0.3, -0.25) is 0 Å². The molecule has 1 nitrogen and oxygen atoms in total. The summed E-state index contributed by atoms with van der Waals surface area (Å²) in [7, 11) is 0. The van der Waals surface area contributed by atoms with Crippen molar-refractivity contribution in [2.24, 2.45) is 5.92 Å². The van der Waals surface area contributed by atoms with Gasteiger partial charge in [0.05, 0.1) is 6.10 Å². The zero-order chi connectivity index (χ0) is 11.4. The van der Waals surface area contributed by atoms with Crippen LogP contribution < -0.4 is 0 Å². The van der Waals surface area contributed by atoms with Crippen LogP contribution in [0.15, 0.2) is 24.3 Å². The molecular formula is C14H20OS. The van der Waals surface area contributed by atoms with Crippen molar-refractivity contribution in [2.45, 2.75) is 31.8 Å². The summed E-state index contributed by atoms with van der Waals surface area (Å²) in [5, 5.41) is 10.3. The van der Waals surface area contributed by atoms with Gasteiger partial charge in [-0.25, -0.2) is 0 Å². The number of thioether (sulfide) groups is 1. The topological polar surface area (TPSA) is 20.2 Å². The van der Waals surface area contributed by atoms with E-state index >= 15 is 0 Å². The minimum atomic E-state index is -0.230. The molecule has 2 rings (SSSR count). The summed E-state index contributed by atoms with van der Waals surface area (Å²) in [4.78, 5) is 0. The van der Waals surface area contributed by atoms with Crippen molar-refractivity contribution in [1.29, 1.82) is 0 Å². The van der Waals surface area contributed by atoms with Gasteiger partial charge in [-0.2, -0.15) is 11.8 Å². The van der Waals surface area contributed by atoms with Crippen molar-refractivity contribution in [1.82, 2.24) is 0 Å². The summed E-state index contributed by atoms with van der Waals surface area (Å²) in [5.41, 5.74) is 2.51. The first-order valence-electron chi connectivity index (χ1n) is 6.07. The lowest BCUT2D eigenvalue weighted by Crippen LogP contribution is -2.20. The summed E-state index contributed by atoms with van der Waals surface area (Å²) in [6.07, 6.45) is 6.59. The standard InChI is InChI=1S/C14H20OS/c1-16-10-4-6-12-9-8-11-5-2-3-7-13(11)14(12)15/h2-3,5,7,12,14-15H,4,6,8-10H2,1H3. The molecule has 0 bridgehead atoms. The summed E-state index contributed by atoms with van der Waals surface area (Å²) < 4.78 is 0. The Labute approximate surface area is 102 Å². The Bertz CT molecular complexity index is 337. The maximum Gasteiger partial charge on any atom is 0.0820 e. The van der Waals surface area contributed by atoms with Crippen LogP contribution in [0.5, 0.6) is 0 Å². The van der Waals surface area contributed by atoms with E-state index in [9.17, 15) is 5.11 Å². The van der Waals surface area contributed by atoms with E-state index < -0.39 is 0 Å². The van der Waals surface area contributed by atoms with Crippen LogP contribution in [0.1, 0.15) is 36.5 Å². The smallest absolute Gasteiger partial charge is 0.0820 e. The minimum Gasteiger partial charge on any atom is -0.388 e. The summed E-state index contributed by atoms with van der Waals surface area (Å²) >= 11 is 1.90. The van der Waals surface area contributed by atoms with Gasteiger partial charge in [0.1, 0.15) is 0 Å². The van der Waals surface area contributed by atoms with Gasteiger partial charge in [-0.05, 0) is 54.7 Å². The highest BCUT2D eigenvalue weighted by atomic mass is 32.2. The molecule has 2 heteroatoms. The molecule has 1 aliphatic rings. The molecule has 1 aromatic rings. The number of fused-ring (bicyclic) bond motifs is 1. The molecule has 0 radical (unpaired) electrons. The molecule has 0 fully saturated rings. The van der Waals surface area contributed by atoms with Gasteiger partial charge in [0.25, 0.3) is 0 Å². The second-order valence-electron chi connectivity index (χ2n) is 4.58. The maximum absolute atomic E-state index is 10.3. The maximum atomic E-state index is 10.3. The lowest BCUT2D eigenvalue weighted by atomic mass is 9.79. The molecule has 0 spiro atoms. The summed E-state index contributed by atoms with van der Waals surface area (Å²) in [5.74, 6) is 1.69. The molecule has 88 valence electrons. The Morgan fingerprint density at radius 2 is 2.19 bits per heavy atom. The fraction of sp³-hybridized carbons (Fsp3) is 0.571. The van der Waals surface area contributed by atoms with Crippen LogP contribution in [0.25, 0.3) is 0 Å². The number of benzene rings is 1. The van der Waals surface area contributed by atoms with Crippen molar-refractivity contribution in [3.8, 4) is 0 Å². The quantitative estimate of drug-likeness (QED) is 0.808. The number of aryl methyl sites for hydroxylation is 1. The van der Waals surface area contributed by atoms with E-state index in [1.54, 1.807) is 0 Å². The lowest BCUT2D eigenvalue weighted by Gasteiger charge is -2.30. The Kier molecular flexibility index (Phi) is 4.30. The molecule has 2 unspecified atom stereocenters. The number of hydrogen-bond acceptors (Lipinski definition) is 2. The van der Waals surface area contributed by atoms with E-state index in [1.807, 2.05) is 17.8 Å². The fourth-order valence-electron chi connectivity index (χ4n) is 2.60. The molecule has 0 heterocycles. The zero-order valence-electron chi connectivity index (χ0n) is 9.86. The average Bonchev–Trinajstić information content (AvgIpc) is 2.33. The van der Waals surface area contributed by atoms with E-state index in [0.29, 0.717) is 5.92 Å². The molecule has 0 amide bonds. The van der Waals surface area contributed by atoms with Gasteiger partial charge in [-0.15, -0.1) is 0 Å². The largest absolute Gasteiger partial charge is 0.388 e. The molecule has 0 saturated carbocycles. The van der Waals surface area contributed by atoms with Gasteiger partial charge in [0.2, 0.25) is 0 Å². The molecule has 1 aromatic carbocycles. The van der Waals surface area contributed by atoms with Gasteiger partial charge < -0.3 is 5.11 Å². The number of hydrogen-bond donors (Lipinski definition) is 1. The fourth-order valence-corrected chi connectivity index (χ4v) is 3.05. The predicted molar refractivity (Wildman–Crippen MR) is 70.8 cm³/mol. The van der Waals surface area contributed by atoms with Crippen molar-refractivity contribution >= 4 is 11.8 Å². The van der Waals surface area contributed by atoms with E-state index in [4.69, 9.17) is 0 Å². The monoisotopic (exact) mass is 236 g/mol. The third kappa shape index (κ3) is 2.61. The van der Waals surface area contributed by atoms with E-state index in [1.165, 1.54) is 23.3 Å². The van der Waals surface area contributed by atoms with E-state index in [0.717, 1.165) is 19.3 Å². The third-order valence-electron chi connectivity index (χ3n) is 3.53. The molecule has 16 heavy (non-hydrogen) atoms. The Hall–Kier alpha value is -0.470. The summed E-state index contributed by atoms with van der Waals surface area (Å²) in [6.45, 7) is 0. The zero-order valence-corrected chi connectivity index (χ0v) is 10.7. The van der Waals surface area contributed by atoms with Crippen LogP contribution in [-0.2, 0) is 6.42 Å².